The lowest BCUT2D eigenvalue weighted by Gasteiger charge is -2.28. The second-order valence-corrected chi connectivity index (χ2v) is 6.79. The number of hydrogen-bond acceptors (Lipinski definition) is 3. The molecule has 0 aromatic heterocycles. The van der Waals surface area contributed by atoms with E-state index in [4.69, 9.17) is 4.74 Å². The molecule has 0 spiro atoms. The van der Waals surface area contributed by atoms with Crippen LogP contribution in [0.2, 0.25) is 0 Å². The number of benzene rings is 1. The molecule has 1 aromatic carbocycles. The summed E-state index contributed by atoms with van der Waals surface area (Å²) in [4.78, 5) is 27.0. The van der Waals surface area contributed by atoms with Gasteiger partial charge in [0.25, 0.3) is 0 Å². The summed E-state index contributed by atoms with van der Waals surface area (Å²) < 4.78 is 5.44. The first kappa shape index (κ1) is 11.8. The Morgan fingerprint density at radius 1 is 1.24 bits per heavy atom. The quantitative estimate of drug-likeness (QED) is 0.738. The Labute approximate surface area is 123 Å². The van der Waals surface area contributed by atoms with Crippen molar-refractivity contribution in [2.75, 3.05) is 11.4 Å². The number of carbonyl (C=O) groups excluding carboxylic acids is 2. The third kappa shape index (κ3) is 1.40. The van der Waals surface area contributed by atoms with Crippen molar-refractivity contribution in [3.63, 3.8) is 0 Å². The third-order valence-corrected chi connectivity index (χ3v) is 5.92. The van der Waals surface area contributed by atoms with E-state index in [1.807, 2.05) is 23.1 Å². The number of fused-ring (bicyclic) bond motifs is 2. The third-order valence-electron chi connectivity index (χ3n) is 5.92. The first-order valence-corrected chi connectivity index (χ1v) is 7.84. The molecule has 2 heterocycles. The van der Waals surface area contributed by atoms with Gasteiger partial charge in [0.05, 0.1) is 11.8 Å². The van der Waals surface area contributed by atoms with Crippen LogP contribution in [0.5, 0.6) is 0 Å². The molecule has 4 heteroatoms. The van der Waals surface area contributed by atoms with Crippen molar-refractivity contribution < 1.29 is 14.3 Å². The SMILES string of the molecule is O=C1O[C@@H]2C[C@H]3C[C@@H]2[C@H]1[C@@H]3C(=O)N1CCc2ccccc21. The molecule has 2 bridgehead atoms. The molecule has 108 valence electrons. The number of para-hydroxylation sites is 1. The van der Waals surface area contributed by atoms with Crippen LogP contribution in [-0.4, -0.2) is 24.5 Å². The van der Waals surface area contributed by atoms with Crippen LogP contribution >= 0.6 is 0 Å². The van der Waals surface area contributed by atoms with E-state index in [0.29, 0.717) is 11.8 Å². The van der Waals surface area contributed by atoms with Crippen molar-refractivity contribution in [1.82, 2.24) is 0 Å². The normalized spacial score (nSPS) is 38.8. The minimum absolute atomic E-state index is 0.0995. The van der Waals surface area contributed by atoms with Crippen molar-refractivity contribution >= 4 is 17.6 Å². The standard InChI is InChI=1S/C17H17NO3/c19-16(18-6-5-9-3-1-2-4-12(9)18)14-10-7-11-13(8-10)21-17(20)15(11)14/h1-4,10-11,13-15H,5-8H2/t10-,11+,13-,14-,15+/m1/s1. The van der Waals surface area contributed by atoms with Crippen molar-refractivity contribution in [1.29, 1.82) is 0 Å². The molecule has 0 N–H and O–H groups in total. The van der Waals surface area contributed by atoms with Gasteiger partial charge in [-0.1, -0.05) is 18.2 Å². The molecule has 21 heavy (non-hydrogen) atoms. The number of hydrogen-bond donors (Lipinski definition) is 0. The number of nitrogens with zero attached hydrogens (tertiary/aromatic N) is 1. The van der Waals surface area contributed by atoms with E-state index in [1.165, 1.54) is 5.56 Å². The zero-order valence-corrected chi connectivity index (χ0v) is 11.7. The fraction of sp³-hybridized carbons (Fsp3) is 0.529. The number of esters is 1. The Kier molecular flexibility index (Phi) is 2.17. The molecule has 4 nitrogen and oxygen atoms in total. The van der Waals surface area contributed by atoms with Gasteiger partial charge in [-0.3, -0.25) is 9.59 Å². The summed E-state index contributed by atoms with van der Waals surface area (Å²) in [5.74, 6) is 0.345. The Balaban J connectivity index is 1.49. The molecule has 5 atom stereocenters. The highest BCUT2D eigenvalue weighted by Gasteiger charge is 2.64. The Morgan fingerprint density at radius 3 is 3.00 bits per heavy atom. The van der Waals surface area contributed by atoms with Crippen molar-refractivity contribution in [3.8, 4) is 0 Å². The van der Waals surface area contributed by atoms with Crippen LogP contribution in [0, 0.1) is 23.7 Å². The van der Waals surface area contributed by atoms with Crippen LogP contribution in [0.15, 0.2) is 24.3 Å². The lowest BCUT2D eigenvalue weighted by Crippen LogP contribution is -2.42. The molecule has 2 aliphatic carbocycles. The second kappa shape index (κ2) is 3.87. The lowest BCUT2D eigenvalue weighted by molar-refractivity contribution is -0.145. The van der Waals surface area contributed by atoms with E-state index in [1.54, 1.807) is 0 Å². The highest BCUT2D eigenvalue weighted by atomic mass is 16.6. The summed E-state index contributed by atoms with van der Waals surface area (Å²) in [6.45, 7) is 0.747. The smallest absolute Gasteiger partial charge is 0.310 e. The van der Waals surface area contributed by atoms with Gasteiger partial charge in [-0.15, -0.1) is 0 Å². The van der Waals surface area contributed by atoms with E-state index in [2.05, 4.69) is 6.07 Å². The van der Waals surface area contributed by atoms with Gasteiger partial charge in [0.1, 0.15) is 6.10 Å². The van der Waals surface area contributed by atoms with Gasteiger partial charge < -0.3 is 9.64 Å². The molecule has 1 saturated heterocycles. The van der Waals surface area contributed by atoms with Crippen LogP contribution in [0.25, 0.3) is 0 Å². The first-order valence-electron chi connectivity index (χ1n) is 7.84. The number of anilines is 1. The first-order chi connectivity index (χ1) is 10.2. The fourth-order valence-electron chi connectivity index (χ4n) is 5.09. The van der Waals surface area contributed by atoms with Gasteiger partial charge in [-0.2, -0.15) is 0 Å². The van der Waals surface area contributed by atoms with Gasteiger partial charge in [-0.05, 0) is 36.8 Å². The fourth-order valence-corrected chi connectivity index (χ4v) is 5.09. The molecular formula is C17H17NO3. The maximum Gasteiger partial charge on any atom is 0.310 e. The van der Waals surface area contributed by atoms with Gasteiger partial charge in [-0.25, -0.2) is 0 Å². The monoisotopic (exact) mass is 283 g/mol. The summed E-state index contributed by atoms with van der Waals surface area (Å²) >= 11 is 0. The van der Waals surface area contributed by atoms with Gasteiger partial charge in [0.15, 0.2) is 0 Å². The van der Waals surface area contributed by atoms with Gasteiger partial charge in [0, 0.05) is 18.2 Å². The molecular weight excluding hydrogens is 266 g/mol. The predicted octanol–water partition coefficient (Wildman–Crippen LogP) is 1.77. The van der Waals surface area contributed by atoms with E-state index in [9.17, 15) is 9.59 Å². The zero-order chi connectivity index (χ0) is 14.1. The molecule has 2 saturated carbocycles. The predicted molar refractivity (Wildman–Crippen MR) is 75.6 cm³/mol. The molecule has 1 aromatic rings. The summed E-state index contributed by atoms with van der Waals surface area (Å²) in [7, 11) is 0. The topological polar surface area (TPSA) is 46.6 Å². The van der Waals surface area contributed by atoms with Crippen LogP contribution in [0.3, 0.4) is 0 Å². The maximum absolute atomic E-state index is 13.1. The average molecular weight is 283 g/mol. The molecule has 3 fully saturated rings. The Morgan fingerprint density at radius 2 is 2.10 bits per heavy atom. The van der Waals surface area contributed by atoms with E-state index in [0.717, 1.165) is 31.5 Å². The molecule has 0 radical (unpaired) electrons. The summed E-state index contributed by atoms with van der Waals surface area (Å²) in [6, 6.07) is 8.10. The molecule has 4 aliphatic rings. The van der Waals surface area contributed by atoms with Gasteiger partial charge in [0.2, 0.25) is 5.91 Å². The van der Waals surface area contributed by atoms with E-state index < -0.39 is 0 Å². The van der Waals surface area contributed by atoms with Gasteiger partial charge >= 0.3 is 5.97 Å². The molecule has 2 aliphatic heterocycles. The number of amides is 1. The van der Waals surface area contributed by atoms with Crippen LogP contribution in [0.1, 0.15) is 18.4 Å². The zero-order valence-electron chi connectivity index (χ0n) is 11.7. The second-order valence-electron chi connectivity index (χ2n) is 6.79. The Hall–Kier alpha value is -1.84. The van der Waals surface area contributed by atoms with Crippen LogP contribution in [0.4, 0.5) is 5.69 Å². The number of ether oxygens (including phenoxy) is 1. The molecule has 5 rings (SSSR count). The highest BCUT2D eigenvalue weighted by Crippen LogP contribution is 2.58. The van der Waals surface area contributed by atoms with Crippen molar-refractivity contribution in [2.24, 2.45) is 23.7 Å². The van der Waals surface area contributed by atoms with E-state index >= 15 is 0 Å². The van der Waals surface area contributed by atoms with Crippen LogP contribution < -0.4 is 4.90 Å². The lowest BCUT2D eigenvalue weighted by atomic mass is 9.79. The van der Waals surface area contributed by atoms with E-state index in [-0.39, 0.29) is 29.8 Å². The molecule has 0 unspecified atom stereocenters. The maximum atomic E-state index is 13.1. The highest BCUT2D eigenvalue weighted by molar-refractivity contribution is 6.00. The summed E-state index contributed by atoms with van der Waals surface area (Å²) in [5, 5.41) is 0. The number of rotatable bonds is 1. The number of carbonyl (C=O) groups is 2. The molecule has 1 amide bonds. The van der Waals surface area contributed by atoms with Crippen LogP contribution in [-0.2, 0) is 20.7 Å². The summed E-state index contributed by atoms with van der Waals surface area (Å²) in [6.07, 6.45) is 2.90. The summed E-state index contributed by atoms with van der Waals surface area (Å²) in [5.41, 5.74) is 2.27. The minimum Gasteiger partial charge on any atom is -0.462 e. The Bertz CT molecular complexity index is 653. The minimum atomic E-state index is -0.172. The van der Waals surface area contributed by atoms with Crippen molar-refractivity contribution in [3.05, 3.63) is 29.8 Å². The largest absolute Gasteiger partial charge is 0.462 e. The van der Waals surface area contributed by atoms with Crippen molar-refractivity contribution in [2.45, 2.75) is 25.4 Å². The average Bonchev–Trinajstić information content (AvgIpc) is 3.19.